The lowest BCUT2D eigenvalue weighted by Crippen LogP contribution is -2.27. The van der Waals surface area contributed by atoms with Crippen molar-refractivity contribution in [2.75, 3.05) is 18.5 Å². The highest BCUT2D eigenvalue weighted by Gasteiger charge is 2.22. The molecule has 2 N–H and O–H groups in total. The zero-order valence-corrected chi connectivity index (χ0v) is 16.0. The van der Waals surface area contributed by atoms with Crippen molar-refractivity contribution in [2.45, 2.75) is 39.7 Å². The summed E-state index contributed by atoms with van der Waals surface area (Å²) < 4.78 is 31.0. The Morgan fingerprint density at radius 3 is 2.67 bits per heavy atom. The quantitative estimate of drug-likeness (QED) is 0.718. The maximum atomic E-state index is 12.9. The molecule has 0 bridgehead atoms. The first-order valence-corrected chi connectivity index (χ1v) is 8.81. The minimum atomic E-state index is -2.91. The molecule has 2 aromatic rings. The van der Waals surface area contributed by atoms with E-state index in [4.69, 9.17) is 4.74 Å². The van der Waals surface area contributed by atoms with Gasteiger partial charge in [0.15, 0.2) is 6.61 Å². The molecule has 7 heteroatoms. The number of ether oxygens (including phenoxy) is 1. The van der Waals surface area contributed by atoms with Gasteiger partial charge in [0.05, 0.1) is 6.04 Å². The minimum absolute atomic E-state index is 0.215. The topological polar surface area (TPSA) is 63.2 Å². The summed E-state index contributed by atoms with van der Waals surface area (Å²) in [5, 5.41) is 6.06. The number of rotatable bonds is 8. The SMILES string of the molecule is CCNc1cc(C(C)NC(=O)c2ccc(OCC(C)(F)F)c(C)c2)ccn1. The van der Waals surface area contributed by atoms with Crippen LogP contribution in [0.15, 0.2) is 36.5 Å². The number of halogens is 2. The van der Waals surface area contributed by atoms with Crippen LogP contribution in [0.5, 0.6) is 5.75 Å². The highest BCUT2D eigenvalue weighted by molar-refractivity contribution is 5.94. The van der Waals surface area contributed by atoms with Gasteiger partial charge in [-0.15, -0.1) is 0 Å². The van der Waals surface area contributed by atoms with Gasteiger partial charge in [-0.1, -0.05) is 0 Å². The fourth-order valence-corrected chi connectivity index (χ4v) is 2.51. The number of benzene rings is 1. The molecule has 0 saturated heterocycles. The summed E-state index contributed by atoms with van der Waals surface area (Å²) in [4.78, 5) is 16.7. The lowest BCUT2D eigenvalue weighted by molar-refractivity contribution is -0.0231. The molecule has 1 atom stereocenters. The summed E-state index contributed by atoms with van der Waals surface area (Å²) in [6.07, 6.45) is 1.69. The van der Waals surface area contributed by atoms with Crippen LogP contribution in [0.4, 0.5) is 14.6 Å². The van der Waals surface area contributed by atoms with Crippen LogP contribution in [-0.4, -0.2) is 30.0 Å². The molecule has 2 rings (SSSR count). The van der Waals surface area contributed by atoms with Crippen LogP contribution in [0.25, 0.3) is 0 Å². The number of aryl methyl sites for hydroxylation is 1. The summed E-state index contributed by atoms with van der Waals surface area (Å²) in [5.41, 5.74) is 1.99. The fraction of sp³-hybridized carbons (Fsp3) is 0.400. The van der Waals surface area contributed by atoms with Gasteiger partial charge in [-0.3, -0.25) is 4.79 Å². The number of nitrogens with zero attached hydrogens (tertiary/aromatic N) is 1. The highest BCUT2D eigenvalue weighted by atomic mass is 19.3. The first kappa shape index (κ1) is 20.6. The molecule has 0 saturated carbocycles. The molecule has 146 valence electrons. The van der Waals surface area contributed by atoms with E-state index in [9.17, 15) is 13.6 Å². The summed E-state index contributed by atoms with van der Waals surface area (Å²) in [7, 11) is 0. The van der Waals surface area contributed by atoms with Crippen molar-refractivity contribution in [3.8, 4) is 5.75 Å². The van der Waals surface area contributed by atoms with Crippen molar-refractivity contribution in [1.82, 2.24) is 10.3 Å². The van der Waals surface area contributed by atoms with Crippen LogP contribution >= 0.6 is 0 Å². The second-order valence-electron chi connectivity index (χ2n) is 6.54. The molecule has 0 aliphatic carbocycles. The third-order valence-electron chi connectivity index (χ3n) is 3.91. The first-order chi connectivity index (χ1) is 12.7. The number of nitrogens with one attached hydrogen (secondary N) is 2. The van der Waals surface area contributed by atoms with Crippen LogP contribution in [0.2, 0.25) is 0 Å². The van der Waals surface area contributed by atoms with Crippen LogP contribution in [0, 0.1) is 6.92 Å². The van der Waals surface area contributed by atoms with Crippen molar-refractivity contribution < 1.29 is 18.3 Å². The van der Waals surface area contributed by atoms with Gasteiger partial charge < -0.3 is 15.4 Å². The van der Waals surface area contributed by atoms with Crippen LogP contribution in [0.3, 0.4) is 0 Å². The first-order valence-electron chi connectivity index (χ1n) is 8.81. The van der Waals surface area contributed by atoms with Gasteiger partial charge >= 0.3 is 0 Å². The van der Waals surface area contributed by atoms with E-state index in [1.165, 1.54) is 6.07 Å². The van der Waals surface area contributed by atoms with Gasteiger partial charge in [-0.25, -0.2) is 13.8 Å². The van der Waals surface area contributed by atoms with E-state index in [0.717, 1.165) is 24.8 Å². The third kappa shape index (κ3) is 6.20. The Bertz CT molecular complexity index is 791. The molecule has 0 spiro atoms. The Balaban J connectivity index is 2.05. The van der Waals surface area contributed by atoms with E-state index in [2.05, 4.69) is 15.6 Å². The number of anilines is 1. The van der Waals surface area contributed by atoms with Gasteiger partial charge in [0.1, 0.15) is 11.6 Å². The number of carbonyl (C=O) groups excluding carboxylic acids is 1. The van der Waals surface area contributed by atoms with Gasteiger partial charge in [0, 0.05) is 25.2 Å². The fourth-order valence-electron chi connectivity index (χ4n) is 2.51. The van der Waals surface area contributed by atoms with Crippen molar-refractivity contribution in [2.24, 2.45) is 0 Å². The number of pyridine rings is 1. The number of carbonyl (C=O) groups is 1. The van der Waals surface area contributed by atoms with E-state index in [0.29, 0.717) is 16.9 Å². The van der Waals surface area contributed by atoms with Crippen LogP contribution in [-0.2, 0) is 0 Å². The Kier molecular flexibility index (Phi) is 6.71. The molecule has 5 nitrogen and oxygen atoms in total. The molecule has 1 heterocycles. The van der Waals surface area contributed by atoms with Gasteiger partial charge in [0.25, 0.3) is 11.8 Å². The van der Waals surface area contributed by atoms with E-state index in [1.807, 2.05) is 26.0 Å². The predicted molar refractivity (Wildman–Crippen MR) is 102 cm³/mol. The number of aromatic nitrogens is 1. The molecule has 0 radical (unpaired) electrons. The third-order valence-corrected chi connectivity index (χ3v) is 3.91. The summed E-state index contributed by atoms with van der Waals surface area (Å²) in [6.45, 7) is 6.44. The largest absolute Gasteiger partial charge is 0.487 e. The molecule has 1 aromatic heterocycles. The zero-order valence-electron chi connectivity index (χ0n) is 16.0. The average Bonchev–Trinajstić information content (AvgIpc) is 2.60. The maximum Gasteiger partial charge on any atom is 0.278 e. The van der Waals surface area contributed by atoms with Crippen LogP contribution in [0.1, 0.15) is 48.3 Å². The molecule has 27 heavy (non-hydrogen) atoms. The number of hydrogen-bond acceptors (Lipinski definition) is 4. The zero-order chi connectivity index (χ0) is 20.0. The van der Waals surface area contributed by atoms with Crippen molar-refractivity contribution in [3.63, 3.8) is 0 Å². The van der Waals surface area contributed by atoms with E-state index in [1.54, 1.807) is 25.3 Å². The van der Waals surface area contributed by atoms with Crippen molar-refractivity contribution >= 4 is 11.7 Å². The number of hydrogen-bond donors (Lipinski definition) is 2. The minimum Gasteiger partial charge on any atom is -0.487 e. The van der Waals surface area contributed by atoms with Crippen LogP contribution < -0.4 is 15.4 Å². The van der Waals surface area contributed by atoms with Crippen molar-refractivity contribution in [1.29, 1.82) is 0 Å². The second-order valence-corrected chi connectivity index (χ2v) is 6.54. The molecule has 0 fully saturated rings. The van der Waals surface area contributed by atoms with E-state index in [-0.39, 0.29) is 11.9 Å². The Morgan fingerprint density at radius 1 is 1.30 bits per heavy atom. The van der Waals surface area contributed by atoms with Gasteiger partial charge in [-0.05, 0) is 62.2 Å². The number of alkyl halides is 2. The summed E-state index contributed by atoms with van der Waals surface area (Å²) >= 11 is 0. The Hall–Kier alpha value is -2.70. The lowest BCUT2D eigenvalue weighted by Gasteiger charge is -2.17. The molecule has 1 aromatic carbocycles. The molecule has 0 aliphatic heterocycles. The molecular formula is C20H25F2N3O2. The highest BCUT2D eigenvalue weighted by Crippen LogP contribution is 2.23. The standard InChI is InChI=1S/C20H25F2N3O2/c1-5-23-18-11-15(8-9-24-18)14(3)25-19(26)16-6-7-17(13(2)10-16)27-12-20(4,21)22/h6-11,14H,5,12H2,1-4H3,(H,23,24)(H,25,26). The second kappa shape index (κ2) is 8.79. The lowest BCUT2D eigenvalue weighted by atomic mass is 10.1. The van der Waals surface area contributed by atoms with Gasteiger partial charge in [0.2, 0.25) is 0 Å². The molecule has 1 unspecified atom stereocenters. The summed E-state index contributed by atoms with van der Waals surface area (Å²) in [5.74, 6) is -2.07. The summed E-state index contributed by atoms with van der Waals surface area (Å²) in [6, 6.07) is 8.25. The Morgan fingerprint density at radius 2 is 2.04 bits per heavy atom. The van der Waals surface area contributed by atoms with Crippen molar-refractivity contribution in [3.05, 3.63) is 53.2 Å². The molecule has 0 aliphatic rings. The normalized spacial score (nSPS) is 12.4. The average molecular weight is 377 g/mol. The predicted octanol–water partition coefficient (Wildman–Crippen LogP) is 4.35. The molecule has 1 amide bonds. The Labute approximate surface area is 158 Å². The smallest absolute Gasteiger partial charge is 0.278 e. The number of amides is 1. The monoisotopic (exact) mass is 377 g/mol. The van der Waals surface area contributed by atoms with E-state index < -0.39 is 12.5 Å². The van der Waals surface area contributed by atoms with Gasteiger partial charge in [-0.2, -0.15) is 0 Å². The molecular weight excluding hydrogens is 352 g/mol. The maximum absolute atomic E-state index is 12.9. The van der Waals surface area contributed by atoms with E-state index >= 15 is 0 Å².